The van der Waals surface area contributed by atoms with Crippen molar-refractivity contribution in [3.05, 3.63) is 0 Å². The molecule has 1 N–H and O–H groups in total. The molecule has 0 aliphatic heterocycles. The number of hydrogen-bond donors (Lipinski definition) is 1. The van der Waals surface area contributed by atoms with Crippen molar-refractivity contribution >= 4 is 17.7 Å². The standard InChI is InChI=1S/C16H29NO2S/c1-16(15(18)19-2,17-14-8-9-14)10-5-11-20-12-13-6-3-4-7-13/h13-14,17H,3-12H2,1-2H3. The van der Waals surface area contributed by atoms with Crippen molar-refractivity contribution in [3.8, 4) is 0 Å². The van der Waals surface area contributed by atoms with E-state index in [1.54, 1.807) is 0 Å². The maximum absolute atomic E-state index is 12.0. The van der Waals surface area contributed by atoms with Crippen molar-refractivity contribution in [2.45, 2.75) is 69.9 Å². The van der Waals surface area contributed by atoms with Gasteiger partial charge < -0.3 is 4.74 Å². The minimum Gasteiger partial charge on any atom is -0.468 e. The lowest BCUT2D eigenvalue weighted by Crippen LogP contribution is -2.51. The van der Waals surface area contributed by atoms with Crippen LogP contribution < -0.4 is 5.32 Å². The Kier molecular flexibility index (Phi) is 6.21. The van der Waals surface area contributed by atoms with Gasteiger partial charge in [0, 0.05) is 6.04 Å². The van der Waals surface area contributed by atoms with Crippen LogP contribution in [0.25, 0.3) is 0 Å². The molecule has 0 radical (unpaired) electrons. The summed E-state index contributed by atoms with van der Waals surface area (Å²) >= 11 is 2.07. The summed E-state index contributed by atoms with van der Waals surface area (Å²) in [6.45, 7) is 2.00. The fourth-order valence-corrected chi connectivity index (χ4v) is 4.27. The van der Waals surface area contributed by atoms with Crippen LogP contribution in [0, 0.1) is 5.92 Å². The van der Waals surface area contributed by atoms with Gasteiger partial charge in [0.2, 0.25) is 0 Å². The molecule has 2 aliphatic rings. The molecule has 1 atom stereocenters. The third kappa shape index (κ3) is 4.96. The highest BCUT2D eigenvalue weighted by atomic mass is 32.2. The topological polar surface area (TPSA) is 38.3 Å². The van der Waals surface area contributed by atoms with Crippen LogP contribution in [0.4, 0.5) is 0 Å². The second kappa shape index (κ2) is 7.69. The van der Waals surface area contributed by atoms with Crippen LogP contribution in [0.15, 0.2) is 0 Å². The van der Waals surface area contributed by atoms with Crippen LogP contribution in [0.5, 0.6) is 0 Å². The minimum atomic E-state index is -0.482. The Hall–Kier alpha value is -0.220. The van der Waals surface area contributed by atoms with Crippen molar-refractivity contribution < 1.29 is 9.53 Å². The van der Waals surface area contributed by atoms with E-state index in [-0.39, 0.29) is 5.97 Å². The molecule has 0 aromatic heterocycles. The fraction of sp³-hybridized carbons (Fsp3) is 0.938. The van der Waals surface area contributed by atoms with Crippen molar-refractivity contribution in [2.24, 2.45) is 5.92 Å². The number of thioether (sulfide) groups is 1. The van der Waals surface area contributed by atoms with Gasteiger partial charge in [-0.25, -0.2) is 0 Å². The van der Waals surface area contributed by atoms with E-state index in [0.717, 1.165) is 24.5 Å². The summed E-state index contributed by atoms with van der Waals surface area (Å²) in [6, 6.07) is 0.533. The first kappa shape index (κ1) is 16.2. The molecular weight excluding hydrogens is 270 g/mol. The lowest BCUT2D eigenvalue weighted by atomic mass is 9.96. The van der Waals surface area contributed by atoms with Gasteiger partial charge >= 0.3 is 5.97 Å². The number of hydrogen-bond acceptors (Lipinski definition) is 4. The first-order valence-electron chi connectivity index (χ1n) is 8.08. The molecule has 0 aromatic carbocycles. The Morgan fingerprint density at radius 3 is 2.60 bits per heavy atom. The van der Waals surface area contributed by atoms with Crippen LogP contribution in [0.2, 0.25) is 0 Å². The summed E-state index contributed by atoms with van der Waals surface area (Å²) in [6.07, 6.45) is 10.1. The second-order valence-electron chi connectivity index (χ2n) is 6.57. The van der Waals surface area contributed by atoms with Gasteiger partial charge in [-0.1, -0.05) is 12.8 Å². The summed E-state index contributed by atoms with van der Waals surface area (Å²) in [7, 11) is 1.49. The molecule has 3 nitrogen and oxygen atoms in total. The van der Waals surface area contributed by atoms with Gasteiger partial charge in [0.15, 0.2) is 0 Å². The molecule has 1 unspecified atom stereocenters. The average Bonchev–Trinajstić information content (AvgIpc) is 3.09. The number of methoxy groups -OCH3 is 1. The normalized spacial score (nSPS) is 22.7. The molecule has 0 saturated heterocycles. The Bertz CT molecular complexity index is 314. The number of esters is 1. The fourth-order valence-electron chi connectivity index (χ4n) is 3.09. The van der Waals surface area contributed by atoms with Gasteiger partial charge in [0.25, 0.3) is 0 Å². The van der Waals surface area contributed by atoms with Crippen LogP contribution in [0.1, 0.15) is 58.3 Å². The first-order chi connectivity index (χ1) is 9.64. The van der Waals surface area contributed by atoms with Crippen LogP contribution in [0.3, 0.4) is 0 Å². The van der Waals surface area contributed by atoms with E-state index in [4.69, 9.17) is 4.74 Å². The zero-order valence-corrected chi connectivity index (χ0v) is 13.8. The number of nitrogens with one attached hydrogen (secondary N) is 1. The average molecular weight is 299 g/mol. The largest absolute Gasteiger partial charge is 0.468 e. The molecule has 2 saturated carbocycles. The molecule has 4 heteroatoms. The quantitative estimate of drug-likeness (QED) is 0.523. The van der Waals surface area contributed by atoms with Crippen molar-refractivity contribution in [1.29, 1.82) is 0 Å². The molecule has 2 aliphatic carbocycles. The molecule has 0 aromatic rings. The van der Waals surface area contributed by atoms with E-state index in [9.17, 15) is 4.79 Å². The molecule has 0 heterocycles. The highest BCUT2D eigenvalue weighted by molar-refractivity contribution is 7.99. The lowest BCUT2D eigenvalue weighted by Gasteiger charge is -2.28. The van der Waals surface area contributed by atoms with Crippen molar-refractivity contribution in [3.63, 3.8) is 0 Å². The van der Waals surface area contributed by atoms with Crippen molar-refractivity contribution in [1.82, 2.24) is 5.32 Å². The Labute approximate surface area is 127 Å². The van der Waals surface area contributed by atoms with Gasteiger partial charge in [-0.15, -0.1) is 0 Å². The Balaban J connectivity index is 1.64. The molecule has 0 amide bonds. The predicted molar refractivity (Wildman–Crippen MR) is 85.1 cm³/mol. The van der Waals surface area contributed by atoms with E-state index in [2.05, 4.69) is 17.1 Å². The summed E-state index contributed by atoms with van der Waals surface area (Å²) in [4.78, 5) is 12.0. The molecule has 0 spiro atoms. The molecule has 2 fully saturated rings. The third-order valence-electron chi connectivity index (χ3n) is 4.53. The molecule has 0 bridgehead atoms. The van der Waals surface area contributed by atoms with E-state index < -0.39 is 5.54 Å². The number of carbonyl (C=O) groups is 1. The number of carbonyl (C=O) groups excluding carboxylic acids is 1. The number of ether oxygens (including phenoxy) is 1. The molecule has 2 rings (SSSR count). The Morgan fingerprint density at radius 1 is 1.30 bits per heavy atom. The van der Waals surface area contributed by atoms with E-state index in [1.807, 2.05) is 6.92 Å². The maximum Gasteiger partial charge on any atom is 0.325 e. The molecular formula is C16H29NO2S. The lowest BCUT2D eigenvalue weighted by molar-refractivity contribution is -0.148. The summed E-state index contributed by atoms with van der Waals surface area (Å²) in [5.74, 6) is 3.32. The minimum absolute atomic E-state index is 0.106. The first-order valence-corrected chi connectivity index (χ1v) is 9.23. The van der Waals surface area contributed by atoms with Gasteiger partial charge in [0.1, 0.15) is 5.54 Å². The molecule has 116 valence electrons. The van der Waals surface area contributed by atoms with Crippen LogP contribution in [-0.2, 0) is 9.53 Å². The van der Waals surface area contributed by atoms with E-state index >= 15 is 0 Å². The summed E-state index contributed by atoms with van der Waals surface area (Å²) in [5, 5.41) is 3.47. The van der Waals surface area contributed by atoms with Crippen LogP contribution >= 0.6 is 11.8 Å². The summed E-state index contributed by atoms with van der Waals surface area (Å²) in [5.41, 5.74) is -0.482. The number of rotatable bonds is 9. The SMILES string of the molecule is COC(=O)C(C)(CCCSCC1CCCC1)NC1CC1. The van der Waals surface area contributed by atoms with Gasteiger partial charge in [-0.3, -0.25) is 10.1 Å². The highest BCUT2D eigenvalue weighted by Crippen LogP contribution is 2.29. The zero-order chi connectivity index (χ0) is 14.4. The monoisotopic (exact) mass is 299 g/mol. The van der Waals surface area contributed by atoms with Crippen LogP contribution in [-0.4, -0.2) is 36.2 Å². The zero-order valence-electron chi connectivity index (χ0n) is 13.0. The van der Waals surface area contributed by atoms with Crippen molar-refractivity contribution in [2.75, 3.05) is 18.6 Å². The van der Waals surface area contributed by atoms with Gasteiger partial charge in [-0.2, -0.15) is 11.8 Å². The summed E-state index contributed by atoms with van der Waals surface area (Å²) < 4.78 is 4.97. The smallest absolute Gasteiger partial charge is 0.325 e. The third-order valence-corrected chi connectivity index (χ3v) is 5.81. The van der Waals surface area contributed by atoms with E-state index in [1.165, 1.54) is 51.4 Å². The predicted octanol–water partition coefficient (Wildman–Crippen LogP) is 3.37. The molecule has 20 heavy (non-hydrogen) atoms. The van der Waals surface area contributed by atoms with Gasteiger partial charge in [0.05, 0.1) is 7.11 Å². The Morgan fingerprint density at radius 2 is 2.00 bits per heavy atom. The maximum atomic E-state index is 12.0. The van der Waals surface area contributed by atoms with Gasteiger partial charge in [-0.05, 0) is 62.9 Å². The highest BCUT2D eigenvalue weighted by Gasteiger charge is 2.38. The van der Waals surface area contributed by atoms with E-state index in [0.29, 0.717) is 6.04 Å². The second-order valence-corrected chi connectivity index (χ2v) is 7.72.